The van der Waals surface area contributed by atoms with Crippen molar-refractivity contribution in [1.29, 1.82) is 0 Å². The van der Waals surface area contributed by atoms with Gasteiger partial charge in [-0.15, -0.1) is 10.2 Å². The molecule has 2 fully saturated rings. The molecule has 1 aliphatic heterocycles. The fourth-order valence-corrected chi connectivity index (χ4v) is 5.45. The van der Waals surface area contributed by atoms with E-state index < -0.39 is 10.0 Å². The molecule has 156 valence electrons. The van der Waals surface area contributed by atoms with Crippen LogP contribution in [0.5, 0.6) is 0 Å². The zero-order chi connectivity index (χ0) is 20.4. The number of rotatable bonds is 5. The van der Waals surface area contributed by atoms with Gasteiger partial charge in [-0.05, 0) is 68.7 Å². The van der Waals surface area contributed by atoms with E-state index in [0.29, 0.717) is 24.6 Å². The average molecular weight is 419 g/mol. The van der Waals surface area contributed by atoms with Crippen LogP contribution in [0.15, 0.2) is 33.6 Å². The Hall–Kier alpha value is -2.26. The van der Waals surface area contributed by atoms with Gasteiger partial charge in [0.05, 0.1) is 4.90 Å². The van der Waals surface area contributed by atoms with Gasteiger partial charge in [0, 0.05) is 24.7 Å². The Balaban J connectivity index is 1.43. The number of sulfonamides is 1. The molecular formula is C20H26N4O4S. The molecule has 2 aliphatic rings. The SMILES string of the molecule is CC1CCC(NC(=O)c2nnc(-c3ccc(S(=O)(=O)N4CCCC4)cc3)o2)CC1. The molecule has 1 aromatic carbocycles. The zero-order valence-corrected chi connectivity index (χ0v) is 17.3. The lowest BCUT2D eigenvalue weighted by Crippen LogP contribution is -2.37. The summed E-state index contributed by atoms with van der Waals surface area (Å²) in [6.45, 7) is 3.35. The van der Waals surface area contributed by atoms with Crippen molar-refractivity contribution in [3.8, 4) is 11.5 Å². The Bertz CT molecular complexity index is 957. The molecule has 4 rings (SSSR count). The number of aromatic nitrogens is 2. The highest BCUT2D eigenvalue weighted by atomic mass is 32.2. The van der Waals surface area contributed by atoms with E-state index in [4.69, 9.17) is 4.42 Å². The van der Waals surface area contributed by atoms with Crippen LogP contribution >= 0.6 is 0 Å². The first-order chi connectivity index (χ1) is 13.9. The highest BCUT2D eigenvalue weighted by Crippen LogP contribution is 2.25. The summed E-state index contributed by atoms with van der Waals surface area (Å²) in [5.41, 5.74) is 0.573. The summed E-state index contributed by atoms with van der Waals surface area (Å²) >= 11 is 0. The molecule has 0 unspecified atom stereocenters. The lowest BCUT2D eigenvalue weighted by molar-refractivity contribution is 0.0888. The van der Waals surface area contributed by atoms with E-state index >= 15 is 0 Å². The third kappa shape index (κ3) is 4.35. The number of hydrogen-bond donors (Lipinski definition) is 1. The van der Waals surface area contributed by atoms with Gasteiger partial charge in [0.15, 0.2) is 0 Å². The van der Waals surface area contributed by atoms with Crippen LogP contribution in [0, 0.1) is 5.92 Å². The van der Waals surface area contributed by atoms with Crippen LogP contribution in [0.3, 0.4) is 0 Å². The predicted octanol–water partition coefficient (Wildman–Crippen LogP) is 2.83. The van der Waals surface area contributed by atoms with Crippen molar-refractivity contribution in [3.63, 3.8) is 0 Å². The summed E-state index contributed by atoms with van der Waals surface area (Å²) < 4.78 is 32.2. The van der Waals surface area contributed by atoms with Gasteiger partial charge in [-0.25, -0.2) is 8.42 Å². The molecule has 1 saturated carbocycles. The van der Waals surface area contributed by atoms with Crippen molar-refractivity contribution in [3.05, 3.63) is 30.2 Å². The Kier molecular flexibility index (Phi) is 5.69. The third-order valence-electron chi connectivity index (χ3n) is 5.77. The molecule has 2 aromatic rings. The van der Waals surface area contributed by atoms with E-state index in [1.165, 1.54) is 16.4 Å². The fourth-order valence-electron chi connectivity index (χ4n) is 3.93. The van der Waals surface area contributed by atoms with Gasteiger partial charge >= 0.3 is 11.8 Å². The highest BCUT2D eigenvalue weighted by Gasteiger charge is 2.27. The Morgan fingerprint density at radius 3 is 2.38 bits per heavy atom. The monoisotopic (exact) mass is 418 g/mol. The molecule has 0 radical (unpaired) electrons. The van der Waals surface area contributed by atoms with Gasteiger partial charge in [-0.1, -0.05) is 6.92 Å². The second-order valence-electron chi connectivity index (χ2n) is 7.98. The highest BCUT2D eigenvalue weighted by molar-refractivity contribution is 7.89. The van der Waals surface area contributed by atoms with E-state index in [-0.39, 0.29) is 28.6 Å². The molecule has 1 saturated heterocycles. The van der Waals surface area contributed by atoms with Crippen LogP contribution in [0.1, 0.15) is 56.1 Å². The lowest BCUT2D eigenvalue weighted by Gasteiger charge is -2.26. The minimum Gasteiger partial charge on any atom is -0.412 e. The molecule has 8 nitrogen and oxygen atoms in total. The van der Waals surface area contributed by atoms with Gasteiger partial charge < -0.3 is 9.73 Å². The van der Waals surface area contributed by atoms with Gasteiger partial charge in [0.1, 0.15) is 0 Å². The number of benzene rings is 1. The summed E-state index contributed by atoms with van der Waals surface area (Å²) in [5, 5.41) is 10.8. The van der Waals surface area contributed by atoms with Gasteiger partial charge in [0.2, 0.25) is 15.9 Å². The molecular weight excluding hydrogens is 392 g/mol. The van der Waals surface area contributed by atoms with E-state index in [1.807, 2.05) is 0 Å². The van der Waals surface area contributed by atoms with Crippen molar-refractivity contribution in [2.45, 2.75) is 56.4 Å². The molecule has 29 heavy (non-hydrogen) atoms. The number of carbonyl (C=O) groups excluding carboxylic acids is 1. The lowest BCUT2D eigenvalue weighted by atomic mass is 9.87. The zero-order valence-electron chi connectivity index (χ0n) is 16.5. The largest absolute Gasteiger partial charge is 0.412 e. The maximum atomic E-state index is 12.6. The number of carbonyl (C=O) groups is 1. The van der Waals surface area contributed by atoms with Crippen molar-refractivity contribution >= 4 is 15.9 Å². The third-order valence-corrected chi connectivity index (χ3v) is 7.69. The normalized spacial score (nSPS) is 23.2. The van der Waals surface area contributed by atoms with Crippen molar-refractivity contribution < 1.29 is 17.6 Å². The Morgan fingerprint density at radius 1 is 1.07 bits per heavy atom. The summed E-state index contributed by atoms with van der Waals surface area (Å²) in [4.78, 5) is 12.6. The van der Waals surface area contributed by atoms with Gasteiger partial charge in [-0.2, -0.15) is 4.31 Å². The van der Waals surface area contributed by atoms with Crippen molar-refractivity contribution in [1.82, 2.24) is 19.8 Å². The second-order valence-corrected chi connectivity index (χ2v) is 9.92. The van der Waals surface area contributed by atoms with Crippen LogP contribution in [-0.4, -0.2) is 48.0 Å². The predicted molar refractivity (Wildman–Crippen MR) is 107 cm³/mol. The number of nitrogens with zero attached hydrogens (tertiary/aromatic N) is 3. The first-order valence-corrected chi connectivity index (χ1v) is 11.6. The molecule has 1 aromatic heterocycles. The number of hydrogen-bond acceptors (Lipinski definition) is 6. The summed E-state index contributed by atoms with van der Waals surface area (Å²) in [6, 6.07) is 6.47. The van der Waals surface area contributed by atoms with Crippen LogP contribution < -0.4 is 5.32 Å². The molecule has 0 bridgehead atoms. The minimum absolute atomic E-state index is 0.0765. The second kappa shape index (κ2) is 8.23. The van der Waals surface area contributed by atoms with Crippen LogP contribution in [-0.2, 0) is 10.0 Å². The molecule has 1 N–H and O–H groups in total. The molecule has 0 spiro atoms. The van der Waals surface area contributed by atoms with Crippen molar-refractivity contribution in [2.24, 2.45) is 5.92 Å². The number of nitrogens with one attached hydrogen (secondary N) is 1. The Morgan fingerprint density at radius 2 is 1.72 bits per heavy atom. The van der Waals surface area contributed by atoms with E-state index in [0.717, 1.165) is 38.5 Å². The fraction of sp³-hybridized carbons (Fsp3) is 0.550. The smallest absolute Gasteiger partial charge is 0.309 e. The molecule has 0 atom stereocenters. The first kappa shape index (κ1) is 20.0. The van der Waals surface area contributed by atoms with Crippen molar-refractivity contribution in [2.75, 3.05) is 13.1 Å². The molecule has 1 aliphatic carbocycles. The minimum atomic E-state index is -3.46. The van der Waals surface area contributed by atoms with Gasteiger partial charge in [0.25, 0.3) is 0 Å². The molecule has 2 heterocycles. The number of amides is 1. The van der Waals surface area contributed by atoms with Crippen LogP contribution in [0.2, 0.25) is 0 Å². The Labute approximate surface area is 170 Å². The topological polar surface area (TPSA) is 105 Å². The average Bonchev–Trinajstić information content (AvgIpc) is 3.42. The first-order valence-electron chi connectivity index (χ1n) is 10.2. The van der Waals surface area contributed by atoms with Crippen LogP contribution in [0.4, 0.5) is 0 Å². The van der Waals surface area contributed by atoms with E-state index in [1.54, 1.807) is 12.1 Å². The molecule has 9 heteroatoms. The molecule has 1 amide bonds. The van der Waals surface area contributed by atoms with Crippen LogP contribution in [0.25, 0.3) is 11.5 Å². The standard InChI is InChI=1S/C20H26N4O4S/c1-14-4-8-16(9-5-14)21-18(25)20-23-22-19(28-20)15-6-10-17(11-7-15)29(26,27)24-12-2-3-13-24/h6-7,10-11,14,16H,2-5,8-9,12-13H2,1H3,(H,21,25). The maximum Gasteiger partial charge on any atom is 0.309 e. The van der Waals surface area contributed by atoms with Gasteiger partial charge in [-0.3, -0.25) is 4.79 Å². The van der Waals surface area contributed by atoms with E-state index in [9.17, 15) is 13.2 Å². The summed E-state index contributed by atoms with van der Waals surface area (Å²) in [5.74, 6) is 0.455. The quantitative estimate of drug-likeness (QED) is 0.800. The summed E-state index contributed by atoms with van der Waals surface area (Å²) in [7, 11) is -3.46. The summed E-state index contributed by atoms with van der Waals surface area (Å²) in [6.07, 6.45) is 5.91. The maximum absolute atomic E-state index is 12.6. The van der Waals surface area contributed by atoms with E-state index in [2.05, 4.69) is 22.4 Å².